The van der Waals surface area contributed by atoms with Gasteiger partial charge in [-0.3, -0.25) is 14.3 Å². The van der Waals surface area contributed by atoms with E-state index >= 15 is 0 Å². The minimum absolute atomic E-state index is 0.358. The molecule has 0 unspecified atom stereocenters. The van der Waals surface area contributed by atoms with E-state index in [-0.39, 0.29) is 0 Å². The number of rotatable bonds is 7. The fourth-order valence-corrected chi connectivity index (χ4v) is 2.84. The van der Waals surface area contributed by atoms with Crippen molar-refractivity contribution in [3.63, 3.8) is 0 Å². The number of hydrogen-bond donors (Lipinski definition) is 1. The summed E-state index contributed by atoms with van der Waals surface area (Å²) in [4.78, 5) is 31.7. The molecule has 8 nitrogen and oxygen atoms in total. The zero-order chi connectivity index (χ0) is 18.0. The number of aromatic amines is 1. The molecule has 0 aliphatic rings. The third kappa shape index (κ3) is 3.17. The van der Waals surface area contributed by atoms with Crippen LogP contribution < -0.4 is 11.2 Å². The smallest absolute Gasteiger partial charge is 0.330 e. The van der Waals surface area contributed by atoms with Crippen molar-refractivity contribution in [2.75, 3.05) is 13.7 Å². The van der Waals surface area contributed by atoms with Crippen LogP contribution in [0, 0.1) is 6.92 Å². The van der Waals surface area contributed by atoms with E-state index in [2.05, 4.69) is 9.97 Å². The monoisotopic (exact) mass is 346 g/mol. The number of aryl methyl sites for hydroxylation is 2. The van der Waals surface area contributed by atoms with Gasteiger partial charge >= 0.3 is 5.69 Å². The third-order valence-electron chi connectivity index (χ3n) is 4.10. The van der Waals surface area contributed by atoms with Gasteiger partial charge < -0.3 is 13.7 Å². The molecule has 0 aliphatic carbocycles. The molecule has 0 saturated carbocycles. The lowest BCUT2D eigenvalue weighted by Gasteiger charge is -2.07. The van der Waals surface area contributed by atoms with Gasteiger partial charge in [-0.2, -0.15) is 0 Å². The fraction of sp³-hybridized carbons (Fsp3) is 0.471. The number of methoxy groups -OCH3 is 1. The Morgan fingerprint density at radius 2 is 2.04 bits per heavy atom. The van der Waals surface area contributed by atoms with Crippen LogP contribution in [0.1, 0.15) is 25.5 Å². The molecule has 1 N–H and O–H groups in total. The predicted molar refractivity (Wildman–Crippen MR) is 93.8 cm³/mol. The Bertz CT molecular complexity index is 992. The van der Waals surface area contributed by atoms with Crippen LogP contribution in [0.5, 0.6) is 0 Å². The zero-order valence-electron chi connectivity index (χ0n) is 14.7. The Hall–Kier alpha value is -2.61. The third-order valence-corrected chi connectivity index (χ3v) is 4.10. The van der Waals surface area contributed by atoms with Crippen molar-refractivity contribution in [3.05, 3.63) is 38.7 Å². The second kappa shape index (κ2) is 7.10. The quantitative estimate of drug-likeness (QED) is 0.705. The SMILES string of the molecule is CCCCn1c(=O)[nH]c(=O)c2c1nc(-c1ccc(C)o1)n2CCOC. The summed E-state index contributed by atoms with van der Waals surface area (Å²) in [5.74, 6) is 1.82. The molecule has 0 bridgehead atoms. The van der Waals surface area contributed by atoms with E-state index in [0.717, 1.165) is 18.6 Å². The first-order chi connectivity index (χ1) is 12.1. The average molecular weight is 346 g/mol. The number of nitrogens with zero attached hydrogens (tertiary/aromatic N) is 3. The van der Waals surface area contributed by atoms with Gasteiger partial charge in [-0.1, -0.05) is 13.3 Å². The van der Waals surface area contributed by atoms with Crippen LogP contribution in [-0.2, 0) is 17.8 Å². The number of H-pyrrole nitrogens is 1. The molecule has 134 valence electrons. The van der Waals surface area contributed by atoms with E-state index in [1.807, 2.05) is 26.0 Å². The van der Waals surface area contributed by atoms with Gasteiger partial charge in [-0.05, 0) is 25.5 Å². The van der Waals surface area contributed by atoms with E-state index in [0.29, 0.717) is 42.4 Å². The van der Waals surface area contributed by atoms with Gasteiger partial charge in [0.15, 0.2) is 22.7 Å². The van der Waals surface area contributed by atoms with E-state index in [1.165, 1.54) is 4.57 Å². The summed E-state index contributed by atoms with van der Waals surface area (Å²) in [6, 6.07) is 3.65. The molecule has 0 aliphatic heterocycles. The zero-order valence-corrected chi connectivity index (χ0v) is 14.7. The van der Waals surface area contributed by atoms with Crippen molar-refractivity contribution in [1.29, 1.82) is 0 Å². The molecule has 3 rings (SSSR count). The van der Waals surface area contributed by atoms with Crippen LogP contribution in [-0.4, -0.2) is 32.8 Å². The summed E-state index contributed by atoms with van der Waals surface area (Å²) >= 11 is 0. The van der Waals surface area contributed by atoms with Crippen molar-refractivity contribution in [3.8, 4) is 11.6 Å². The maximum Gasteiger partial charge on any atom is 0.330 e. The predicted octanol–water partition coefficient (Wildman–Crippen LogP) is 1.90. The Balaban J connectivity index is 2.29. The van der Waals surface area contributed by atoms with Crippen molar-refractivity contribution < 1.29 is 9.15 Å². The fourth-order valence-electron chi connectivity index (χ4n) is 2.84. The van der Waals surface area contributed by atoms with E-state index in [4.69, 9.17) is 9.15 Å². The van der Waals surface area contributed by atoms with Gasteiger partial charge in [0, 0.05) is 20.2 Å². The standard InChI is InChI=1S/C17H22N4O4/c1-4-5-8-21-15-13(16(22)19-17(21)23)20(9-10-24-3)14(18-15)12-7-6-11(2)25-12/h6-7H,4-5,8-10H2,1-3H3,(H,19,22,23). The first-order valence-corrected chi connectivity index (χ1v) is 8.36. The number of aromatic nitrogens is 4. The summed E-state index contributed by atoms with van der Waals surface area (Å²) in [5, 5.41) is 0. The molecule has 0 atom stereocenters. The summed E-state index contributed by atoms with van der Waals surface area (Å²) in [7, 11) is 1.59. The number of unbranched alkanes of at least 4 members (excludes halogenated alkanes) is 1. The number of imidazole rings is 1. The number of ether oxygens (including phenoxy) is 1. The number of nitrogens with one attached hydrogen (secondary N) is 1. The average Bonchev–Trinajstić information content (AvgIpc) is 3.16. The molecule has 0 aromatic carbocycles. The molecule has 0 saturated heterocycles. The van der Waals surface area contributed by atoms with Gasteiger partial charge in [-0.15, -0.1) is 0 Å². The van der Waals surface area contributed by atoms with Crippen molar-refractivity contribution >= 4 is 11.2 Å². The largest absolute Gasteiger partial charge is 0.458 e. The molecule has 25 heavy (non-hydrogen) atoms. The van der Waals surface area contributed by atoms with Crippen LogP contribution in [0.15, 0.2) is 26.1 Å². The lowest BCUT2D eigenvalue weighted by molar-refractivity contribution is 0.188. The van der Waals surface area contributed by atoms with E-state index in [9.17, 15) is 9.59 Å². The molecular formula is C17H22N4O4. The molecule has 0 fully saturated rings. The van der Waals surface area contributed by atoms with Gasteiger partial charge in [0.25, 0.3) is 5.56 Å². The van der Waals surface area contributed by atoms with Gasteiger partial charge in [0.05, 0.1) is 6.61 Å². The van der Waals surface area contributed by atoms with Crippen molar-refractivity contribution in [2.24, 2.45) is 0 Å². The molecule has 3 aromatic rings. The summed E-state index contributed by atoms with van der Waals surface area (Å²) < 4.78 is 14.1. The van der Waals surface area contributed by atoms with Gasteiger partial charge in [0.1, 0.15) is 5.76 Å². The summed E-state index contributed by atoms with van der Waals surface area (Å²) in [5.41, 5.74) is -0.158. The number of furan rings is 1. The molecule has 3 aromatic heterocycles. The molecule has 0 spiro atoms. The normalized spacial score (nSPS) is 11.5. The topological polar surface area (TPSA) is 95.0 Å². The summed E-state index contributed by atoms with van der Waals surface area (Å²) in [6.07, 6.45) is 1.75. The summed E-state index contributed by atoms with van der Waals surface area (Å²) in [6.45, 7) is 5.22. The Labute approximate surface area is 144 Å². The maximum absolute atomic E-state index is 12.5. The van der Waals surface area contributed by atoms with E-state index < -0.39 is 11.2 Å². The highest BCUT2D eigenvalue weighted by Gasteiger charge is 2.21. The van der Waals surface area contributed by atoms with Crippen LogP contribution in [0.2, 0.25) is 0 Å². The number of hydrogen-bond acceptors (Lipinski definition) is 5. The Kier molecular flexibility index (Phi) is 4.89. The van der Waals surface area contributed by atoms with Crippen LogP contribution in [0.3, 0.4) is 0 Å². The molecule has 0 amide bonds. The van der Waals surface area contributed by atoms with Crippen LogP contribution >= 0.6 is 0 Å². The Morgan fingerprint density at radius 3 is 2.68 bits per heavy atom. The van der Waals surface area contributed by atoms with Gasteiger partial charge in [-0.25, -0.2) is 9.78 Å². The van der Waals surface area contributed by atoms with Crippen LogP contribution in [0.4, 0.5) is 0 Å². The first-order valence-electron chi connectivity index (χ1n) is 8.36. The molecular weight excluding hydrogens is 324 g/mol. The lowest BCUT2D eigenvalue weighted by atomic mass is 10.3. The van der Waals surface area contributed by atoms with Gasteiger partial charge in [0.2, 0.25) is 0 Å². The highest BCUT2D eigenvalue weighted by atomic mass is 16.5. The second-order valence-corrected chi connectivity index (χ2v) is 5.93. The first kappa shape index (κ1) is 17.2. The molecule has 3 heterocycles. The van der Waals surface area contributed by atoms with E-state index in [1.54, 1.807) is 11.7 Å². The minimum Gasteiger partial charge on any atom is -0.458 e. The molecule has 8 heteroatoms. The Morgan fingerprint density at radius 1 is 1.24 bits per heavy atom. The maximum atomic E-state index is 12.5. The highest BCUT2D eigenvalue weighted by molar-refractivity contribution is 5.75. The highest BCUT2D eigenvalue weighted by Crippen LogP contribution is 2.24. The van der Waals surface area contributed by atoms with Crippen molar-refractivity contribution in [2.45, 2.75) is 39.8 Å². The lowest BCUT2D eigenvalue weighted by Crippen LogP contribution is -2.31. The molecule has 0 radical (unpaired) electrons. The minimum atomic E-state index is -0.453. The number of fused-ring (bicyclic) bond motifs is 1. The van der Waals surface area contributed by atoms with Crippen LogP contribution in [0.25, 0.3) is 22.7 Å². The second-order valence-electron chi connectivity index (χ2n) is 5.93. The van der Waals surface area contributed by atoms with Crippen molar-refractivity contribution in [1.82, 2.24) is 19.1 Å².